The summed E-state index contributed by atoms with van der Waals surface area (Å²) in [6, 6.07) is 11.9. The van der Waals surface area contributed by atoms with Gasteiger partial charge in [0.2, 0.25) is 0 Å². The fourth-order valence-corrected chi connectivity index (χ4v) is 7.01. The van der Waals surface area contributed by atoms with Gasteiger partial charge in [-0.2, -0.15) is 18.4 Å². The third kappa shape index (κ3) is 7.70. The van der Waals surface area contributed by atoms with Gasteiger partial charge in [-0.15, -0.1) is 0 Å². The topological polar surface area (TPSA) is 76.4 Å². The van der Waals surface area contributed by atoms with E-state index in [9.17, 15) is 28.0 Å². The van der Waals surface area contributed by atoms with Crippen LogP contribution in [0.5, 0.6) is 0 Å². The van der Waals surface area contributed by atoms with E-state index in [0.717, 1.165) is 48.5 Å². The van der Waals surface area contributed by atoms with Gasteiger partial charge in [0, 0.05) is 6.54 Å². The number of halogens is 3. The maximum absolute atomic E-state index is 13.9. The number of carbonyl (C=O) groups is 2. The zero-order valence-electron chi connectivity index (χ0n) is 26.2. The lowest BCUT2D eigenvalue weighted by molar-refractivity contribution is -0.890. The van der Waals surface area contributed by atoms with Gasteiger partial charge in [0.25, 0.3) is 5.91 Å². The SMILES string of the molecule is C[N+](C)(CCCCN1CC2=C(C1=O)C(c1ccc(C#N)cc1)NC(=O)N2c1cccc(C(F)(F)F)c1)CCCC1CCCCC1. The number of amides is 3. The number of nitrogens with one attached hydrogen (secondary N) is 1. The maximum atomic E-state index is 13.9. The van der Waals surface area contributed by atoms with Crippen molar-refractivity contribution in [2.75, 3.05) is 45.2 Å². The Morgan fingerprint density at radius 1 is 0.978 bits per heavy atom. The average Bonchev–Trinajstić information content (AvgIpc) is 3.34. The molecule has 0 aromatic heterocycles. The summed E-state index contributed by atoms with van der Waals surface area (Å²) in [5.41, 5.74) is 0.975. The van der Waals surface area contributed by atoms with Crippen LogP contribution >= 0.6 is 0 Å². The number of rotatable bonds is 11. The number of alkyl halides is 3. The highest BCUT2D eigenvalue weighted by molar-refractivity contribution is 6.07. The van der Waals surface area contributed by atoms with E-state index in [1.807, 2.05) is 0 Å². The van der Waals surface area contributed by atoms with Gasteiger partial charge in [-0.3, -0.25) is 9.69 Å². The van der Waals surface area contributed by atoms with Crippen LogP contribution in [0.1, 0.15) is 80.5 Å². The van der Waals surface area contributed by atoms with Crippen LogP contribution in [0.2, 0.25) is 0 Å². The monoisotopic (exact) mass is 622 g/mol. The molecule has 1 atom stereocenters. The second-order valence-electron chi connectivity index (χ2n) is 13.3. The first kappa shape index (κ1) is 32.6. The minimum Gasteiger partial charge on any atom is -0.333 e. The summed E-state index contributed by atoms with van der Waals surface area (Å²) >= 11 is 0. The van der Waals surface area contributed by atoms with Gasteiger partial charge in [-0.1, -0.05) is 50.3 Å². The molecule has 1 aliphatic carbocycles. The molecule has 1 fully saturated rings. The molecule has 2 aromatic carbocycles. The lowest BCUT2D eigenvalue weighted by Crippen LogP contribution is -2.47. The number of anilines is 1. The predicted molar refractivity (Wildman–Crippen MR) is 167 cm³/mol. The number of nitriles is 1. The van der Waals surface area contributed by atoms with Crippen molar-refractivity contribution >= 4 is 17.6 Å². The second kappa shape index (κ2) is 13.7. The maximum Gasteiger partial charge on any atom is 0.416 e. The average molecular weight is 623 g/mol. The molecule has 2 aliphatic heterocycles. The van der Waals surface area contributed by atoms with E-state index in [0.29, 0.717) is 28.9 Å². The third-order valence-corrected chi connectivity index (χ3v) is 9.55. The number of hydrogen-bond donors (Lipinski definition) is 1. The highest BCUT2D eigenvalue weighted by Gasteiger charge is 2.45. The van der Waals surface area contributed by atoms with Crippen LogP contribution in [0.25, 0.3) is 0 Å². The van der Waals surface area contributed by atoms with Crippen LogP contribution in [0.3, 0.4) is 0 Å². The second-order valence-corrected chi connectivity index (χ2v) is 13.3. The van der Waals surface area contributed by atoms with E-state index in [2.05, 4.69) is 25.5 Å². The van der Waals surface area contributed by atoms with Crippen molar-refractivity contribution in [3.8, 4) is 6.07 Å². The molecular formula is C35H43F3N5O2+. The van der Waals surface area contributed by atoms with Crippen LogP contribution in [-0.4, -0.2) is 61.6 Å². The Morgan fingerprint density at radius 3 is 2.38 bits per heavy atom. The first-order valence-corrected chi connectivity index (χ1v) is 16.1. The highest BCUT2D eigenvalue weighted by atomic mass is 19.4. The van der Waals surface area contributed by atoms with Crippen LogP contribution < -0.4 is 10.2 Å². The van der Waals surface area contributed by atoms with Gasteiger partial charge >= 0.3 is 12.2 Å². The van der Waals surface area contributed by atoms with E-state index < -0.39 is 23.8 Å². The van der Waals surface area contributed by atoms with Crippen molar-refractivity contribution in [1.82, 2.24) is 10.2 Å². The molecule has 0 spiro atoms. The van der Waals surface area contributed by atoms with Gasteiger partial charge in [0.05, 0.1) is 73.9 Å². The third-order valence-electron chi connectivity index (χ3n) is 9.55. The normalized spacial score (nSPS) is 19.5. The van der Waals surface area contributed by atoms with Gasteiger partial charge in [0.15, 0.2) is 0 Å². The summed E-state index contributed by atoms with van der Waals surface area (Å²) in [5.74, 6) is 0.640. The van der Waals surface area contributed by atoms with Crippen molar-refractivity contribution in [3.63, 3.8) is 0 Å². The molecule has 1 saturated carbocycles. The number of nitrogens with zero attached hydrogens (tertiary/aromatic N) is 4. The molecule has 240 valence electrons. The van der Waals surface area contributed by atoms with E-state index in [4.69, 9.17) is 0 Å². The molecule has 0 bridgehead atoms. The number of benzene rings is 2. The first-order valence-electron chi connectivity index (χ1n) is 16.1. The van der Waals surface area contributed by atoms with Crippen LogP contribution in [-0.2, 0) is 11.0 Å². The molecule has 10 heteroatoms. The van der Waals surface area contributed by atoms with Crippen LogP contribution in [0.15, 0.2) is 59.8 Å². The van der Waals surface area contributed by atoms with Gasteiger partial charge in [-0.25, -0.2) is 4.79 Å². The molecule has 2 heterocycles. The number of quaternary nitrogens is 1. The molecule has 3 aliphatic rings. The predicted octanol–water partition coefficient (Wildman–Crippen LogP) is 7.16. The van der Waals surface area contributed by atoms with Crippen molar-refractivity contribution in [1.29, 1.82) is 5.26 Å². The Bertz CT molecular complexity index is 1450. The molecule has 0 saturated heterocycles. The summed E-state index contributed by atoms with van der Waals surface area (Å²) in [4.78, 5) is 30.3. The Kier molecular flexibility index (Phi) is 9.88. The zero-order valence-corrected chi connectivity index (χ0v) is 26.2. The molecule has 2 aromatic rings. The van der Waals surface area contributed by atoms with Crippen LogP contribution in [0, 0.1) is 17.2 Å². The van der Waals surface area contributed by atoms with Crippen molar-refractivity contribution in [3.05, 3.63) is 76.5 Å². The Labute approximate surface area is 263 Å². The smallest absolute Gasteiger partial charge is 0.333 e. The van der Waals surface area contributed by atoms with E-state index in [1.165, 1.54) is 62.0 Å². The molecule has 45 heavy (non-hydrogen) atoms. The Hall–Kier alpha value is -3.84. The molecule has 1 N–H and O–H groups in total. The molecule has 5 rings (SSSR count). The minimum absolute atomic E-state index is 0.0510. The number of urea groups is 1. The minimum atomic E-state index is -4.58. The zero-order chi connectivity index (χ0) is 32.2. The molecule has 0 radical (unpaired) electrons. The van der Waals surface area contributed by atoms with Crippen molar-refractivity contribution in [2.24, 2.45) is 5.92 Å². The standard InChI is InChI=1S/C35H42F3N5O2/c1-43(2,21-9-12-25-10-4-3-5-11-25)20-7-6-19-41-24-30-31(33(41)44)32(27-17-15-26(23-39)16-18-27)40-34(45)42(30)29-14-8-13-28(22-29)35(36,37)38/h8,13-18,22,25,32H,3-7,9-12,19-21,24H2,1-2H3/p+1. The summed E-state index contributed by atoms with van der Waals surface area (Å²) in [7, 11) is 4.52. The Balaban J connectivity index is 1.29. The first-order chi connectivity index (χ1) is 21.5. The van der Waals surface area contributed by atoms with E-state index >= 15 is 0 Å². The number of unbranched alkanes of at least 4 members (excludes halogenated alkanes) is 1. The fourth-order valence-electron chi connectivity index (χ4n) is 7.01. The van der Waals surface area contributed by atoms with Crippen molar-refractivity contribution in [2.45, 2.75) is 70.0 Å². The lowest BCUT2D eigenvalue weighted by Gasteiger charge is -2.34. The van der Waals surface area contributed by atoms with E-state index in [1.54, 1.807) is 29.2 Å². The van der Waals surface area contributed by atoms with Gasteiger partial charge in [0.1, 0.15) is 0 Å². The summed E-state index contributed by atoms with van der Waals surface area (Å²) in [6.07, 6.45) is 6.51. The number of carbonyl (C=O) groups excluding carboxylic acids is 2. The van der Waals surface area contributed by atoms with Crippen LogP contribution in [0.4, 0.5) is 23.7 Å². The van der Waals surface area contributed by atoms with Gasteiger partial charge < -0.3 is 14.7 Å². The highest BCUT2D eigenvalue weighted by Crippen LogP contribution is 2.40. The van der Waals surface area contributed by atoms with Crippen molar-refractivity contribution < 1.29 is 27.2 Å². The largest absolute Gasteiger partial charge is 0.416 e. The summed E-state index contributed by atoms with van der Waals surface area (Å²) in [5, 5.41) is 12.1. The molecule has 1 unspecified atom stereocenters. The lowest BCUT2D eigenvalue weighted by atomic mass is 9.86. The summed E-state index contributed by atoms with van der Waals surface area (Å²) in [6.45, 7) is 2.73. The van der Waals surface area contributed by atoms with E-state index in [-0.39, 0.29) is 18.1 Å². The Morgan fingerprint density at radius 2 is 1.69 bits per heavy atom. The summed E-state index contributed by atoms with van der Waals surface area (Å²) < 4.78 is 41.6. The fraction of sp³-hybridized carbons (Fsp3) is 0.514. The molecular weight excluding hydrogens is 579 g/mol. The molecule has 3 amide bonds. The molecule has 7 nitrogen and oxygen atoms in total. The number of hydrogen-bond acceptors (Lipinski definition) is 3. The quantitative estimate of drug-likeness (QED) is 0.213. The van der Waals surface area contributed by atoms with Gasteiger partial charge in [-0.05, 0) is 67.5 Å².